The quantitative estimate of drug-likeness (QED) is 0.0928. The zero-order valence-corrected chi connectivity index (χ0v) is 25.2. The Labute approximate surface area is 256 Å². The van der Waals surface area contributed by atoms with Crippen molar-refractivity contribution in [2.45, 2.75) is 38.6 Å². The van der Waals surface area contributed by atoms with Crippen molar-refractivity contribution in [3.8, 4) is 11.5 Å². The molecule has 0 radical (unpaired) electrons. The minimum absolute atomic E-state index is 0.0756. The van der Waals surface area contributed by atoms with Crippen molar-refractivity contribution in [2.24, 2.45) is 17.8 Å². The molecule has 220 valence electrons. The molecule has 0 bridgehead atoms. The van der Waals surface area contributed by atoms with E-state index < -0.39 is 47.7 Å². The predicted molar refractivity (Wildman–Crippen MR) is 163 cm³/mol. The van der Waals surface area contributed by atoms with Gasteiger partial charge in [0.05, 0.1) is 45.8 Å². The van der Waals surface area contributed by atoms with E-state index >= 15 is 0 Å². The topological polar surface area (TPSA) is 160 Å². The van der Waals surface area contributed by atoms with Crippen LogP contribution in [0.4, 0.5) is 11.4 Å². The molecule has 2 amide bonds. The van der Waals surface area contributed by atoms with E-state index in [4.69, 9.17) is 9.39 Å². The molecule has 4 atom stereocenters. The summed E-state index contributed by atoms with van der Waals surface area (Å²) in [6, 6.07) is 8.99. The van der Waals surface area contributed by atoms with Gasteiger partial charge in [0.2, 0.25) is 11.8 Å². The molecule has 11 nitrogen and oxygen atoms in total. The lowest BCUT2D eigenvalue weighted by Crippen LogP contribution is -2.46. The first-order chi connectivity index (χ1) is 20.0. The van der Waals surface area contributed by atoms with Gasteiger partial charge in [0.15, 0.2) is 11.5 Å². The number of nitro benzene ring substituents is 1. The molecule has 5 rings (SSSR count). The first-order valence-corrected chi connectivity index (χ1v) is 14.6. The zero-order valence-electron chi connectivity index (χ0n) is 23.0. The van der Waals surface area contributed by atoms with E-state index in [2.05, 4.69) is 0 Å². The van der Waals surface area contributed by atoms with Crippen molar-refractivity contribution in [3.05, 3.63) is 72.4 Å². The van der Waals surface area contributed by atoms with Crippen LogP contribution in [0.25, 0.3) is 6.08 Å². The number of ether oxygens (including phenoxy) is 1. The maximum Gasteiger partial charge on any atom is 0.455 e. The highest BCUT2D eigenvalue weighted by Crippen LogP contribution is 2.51. The van der Waals surface area contributed by atoms with E-state index in [-0.39, 0.29) is 36.5 Å². The molecule has 0 spiro atoms. The van der Waals surface area contributed by atoms with Crippen molar-refractivity contribution >= 4 is 59.0 Å². The molecule has 3 aliphatic rings. The van der Waals surface area contributed by atoms with Gasteiger partial charge in [-0.05, 0) is 95.9 Å². The number of carbonyl (C=O) groups excluding carboxylic acids is 2. The second kappa shape index (κ2) is 12.2. The van der Waals surface area contributed by atoms with Crippen LogP contribution in [0.15, 0.2) is 53.1 Å². The lowest BCUT2D eigenvalue weighted by molar-refractivity contribution is -0.384. The van der Waals surface area contributed by atoms with Crippen molar-refractivity contribution in [3.63, 3.8) is 0 Å². The number of imide groups is 1. The molecule has 13 heteroatoms. The van der Waals surface area contributed by atoms with Gasteiger partial charge in [-0.1, -0.05) is 17.7 Å². The Kier molecular flexibility index (Phi) is 8.74. The maximum absolute atomic E-state index is 13.8. The fourth-order valence-corrected chi connectivity index (χ4v) is 7.08. The monoisotopic (exact) mass is 688 g/mol. The van der Waals surface area contributed by atoms with Gasteiger partial charge in [0.1, 0.15) is 0 Å². The van der Waals surface area contributed by atoms with E-state index in [0.29, 0.717) is 27.7 Å². The number of phenols is 1. The van der Waals surface area contributed by atoms with Crippen molar-refractivity contribution in [1.82, 2.24) is 0 Å². The summed E-state index contributed by atoms with van der Waals surface area (Å²) in [5.74, 6) is -2.53. The SMILES string of the molecule is COc1cc(/C=C(\C)CC[C@H]2OB(O)C[C@H]3C2=C(CO)C[C@H]2C(=O)N(c4cccc([N+](=O)[O-])c4)C(=O)[C@H]23)cc(I)c1O. The summed E-state index contributed by atoms with van der Waals surface area (Å²) in [5, 5.41) is 42.5. The van der Waals surface area contributed by atoms with E-state index in [1.54, 1.807) is 6.07 Å². The number of phenolic OH excluding ortho intramolecular Hbond substituents is 1. The van der Waals surface area contributed by atoms with Crippen LogP contribution in [0.2, 0.25) is 6.32 Å². The molecule has 42 heavy (non-hydrogen) atoms. The van der Waals surface area contributed by atoms with Crippen LogP contribution in [0.1, 0.15) is 31.7 Å². The molecule has 0 aromatic heterocycles. The van der Waals surface area contributed by atoms with Crippen molar-refractivity contribution in [1.29, 1.82) is 0 Å². The number of aliphatic hydroxyl groups is 1. The van der Waals surface area contributed by atoms with E-state index in [0.717, 1.165) is 21.6 Å². The summed E-state index contributed by atoms with van der Waals surface area (Å²) in [4.78, 5) is 39.0. The number of hydrogen-bond acceptors (Lipinski definition) is 9. The Morgan fingerprint density at radius 3 is 2.71 bits per heavy atom. The minimum Gasteiger partial charge on any atom is -0.504 e. The van der Waals surface area contributed by atoms with Gasteiger partial charge in [0, 0.05) is 12.1 Å². The van der Waals surface area contributed by atoms with Gasteiger partial charge in [-0.2, -0.15) is 0 Å². The summed E-state index contributed by atoms with van der Waals surface area (Å²) in [5.41, 5.74) is 3.12. The minimum atomic E-state index is -1.16. The molecule has 2 heterocycles. The fourth-order valence-electron chi connectivity index (χ4n) is 6.46. The van der Waals surface area contributed by atoms with Crippen LogP contribution >= 0.6 is 22.6 Å². The second-order valence-electron chi connectivity index (χ2n) is 10.8. The lowest BCUT2D eigenvalue weighted by Gasteiger charge is -2.42. The number of rotatable bonds is 8. The summed E-state index contributed by atoms with van der Waals surface area (Å²) >= 11 is 2.03. The van der Waals surface area contributed by atoms with Crippen molar-refractivity contribution in [2.75, 3.05) is 18.6 Å². The van der Waals surface area contributed by atoms with Crippen LogP contribution in [0.3, 0.4) is 0 Å². The Balaban J connectivity index is 1.41. The molecule has 1 aliphatic carbocycles. The van der Waals surface area contributed by atoms with Crippen LogP contribution in [0.5, 0.6) is 11.5 Å². The number of methoxy groups -OCH3 is 1. The Morgan fingerprint density at radius 2 is 2.02 bits per heavy atom. The number of hydrogen-bond donors (Lipinski definition) is 3. The zero-order chi connectivity index (χ0) is 30.3. The molecular weight excluding hydrogens is 658 g/mol. The normalized spacial score (nSPS) is 24.2. The maximum atomic E-state index is 13.8. The van der Waals surface area contributed by atoms with Crippen LogP contribution in [-0.2, 0) is 14.2 Å². The summed E-state index contributed by atoms with van der Waals surface area (Å²) in [7, 11) is 0.324. The smallest absolute Gasteiger partial charge is 0.455 e. The van der Waals surface area contributed by atoms with Gasteiger partial charge >= 0.3 is 7.12 Å². The van der Waals surface area contributed by atoms with Crippen LogP contribution in [0, 0.1) is 31.4 Å². The number of allylic oxidation sites excluding steroid dienone is 1. The van der Waals surface area contributed by atoms with Gasteiger partial charge in [-0.3, -0.25) is 19.7 Å². The van der Waals surface area contributed by atoms with E-state index in [1.165, 1.54) is 31.4 Å². The number of benzene rings is 2. The number of amides is 2. The third kappa shape index (κ3) is 5.57. The molecule has 0 unspecified atom stereocenters. The van der Waals surface area contributed by atoms with Crippen LogP contribution < -0.4 is 9.64 Å². The van der Waals surface area contributed by atoms with E-state index in [1.807, 2.05) is 41.7 Å². The number of anilines is 1. The molecular formula is C29H30BIN2O9. The summed E-state index contributed by atoms with van der Waals surface area (Å²) in [6.07, 6.45) is 2.70. The number of fused-ring (bicyclic) bond motifs is 3. The average molecular weight is 688 g/mol. The number of aliphatic hydroxyl groups excluding tert-OH is 1. The molecule has 2 aromatic rings. The number of non-ortho nitro benzene ring substituents is 1. The highest BCUT2D eigenvalue weighted by atomic mass is 127. The van der Waals surface area contributed by atoms with Gasteiger partial charge in [-0.15, -0.1) is 0 Å². The lowest BCUT2D eigenvalue weighted by atomic mass is 9.58. The number of halogens is 1. The highest BCUT2D eigenvalue weighted by molar-refractivity contribution is 14.1. The molecule has 0 saturated carbocycles. The second-order valence-corrected chi connectivity index (χ2v) is 12.0. The first-order valence-electron chi connectivity index (χ1n) is 13.6. The number of nitro groups is 1. The van der Waals surface area contributed by atoms with Gasteiger partial charge < -0.3 is 24.6 Å². The predicted octanol–water partition coefficient (Wildman–Crippen LogP) is 4.09. The number of aromatic hydroxyl groups is 1. The van der Waals surface area contributed by atoms with Crippen LogP contribution in [-0.4, -0.2) is 58.9 Å². The number of nitrogens with zero attached hydrogens (tertiary/aromatic N) is 2. The van der Waals surface area contributed by atoms with Gasteiger partial charge in [-0.25, -0.2) is 4.90 Å². The Morgan fingerprint density at radius 1 is 1.26 bits per heavy atom. The standard InChI is InChI=1S/C29H30BIN2O9/c1-15(8-16-9-22(31)27(35)24(10-16)41-2)6-7-23-25-17(14-34)11-20-26(21(25)13-30(38)42-23)29(37)32(28(20)36)18-4-3-5-19(12-18)33(39)40/h3-5,8-10,12,20-21,23,26,34-35,38H,6-7,11,13-14H2,1-2H3/b15-8+/t20-,21+,23-,26-/m1/s1. The van der Waals surface area contributed by atoms with Crippen molar-refractivity contribution < 1.29 is 39.1 Å². The molecule has 2 aromatic carbocycles. The fraction of sp³-hybridized carbons (Fsp3) is 0.379. The largest absolute Gasteiger partial charge is 0.504 e. The molecule has 2 saturated heterocycles. The third-order valence-electron chi connectivity index (χ3n) is 8.28. The molecule has 2 aliphatic heterocycles. The molecule has 2 fully saturated rings. The Hall–Kier alpha value is -3.27. The van der Waals surface area contributed by atoms with Gasteiger partial charge in [0.25, 0.3) is 5.69 Å². The van der Waals surface area contributed by atoms with E-state index in [9.17, 15) is 34.9 Å². The summed E-state index contributed by atoms with van der Waals surface area (Å²) < 4.78 is 11.8. The summed E-state index contributed by atoms with van der Waals surface area (Å²) in [6.45, 7) is 1.64. The number of carbonyl (C=O) groups is 2. The molecule has 3 N–H and O–H groups in total. The third-order valence-corrected chi connectivity index (χ3v) is 9.10. The first kappa shape index (κ1) is 30.2. The Bertz CT molecular complexity index is 1510. The average Bonchev–Trinajstić information content (AvgIpc) is 3.22. The highest BCUT2D eigenvalue weighted by Gasteiger charge is 2.57.